The van der Waals surface area contributed by atoms with Crippen LogP contribution in [-0.2, 0) is 0 Å². The molecule has 0 unspecified atom stereocenters. The van der Waals surface area contributed by atoms with Crippen molar-refractivity contribution in [1.82, 2.24) is 10.6 Å². The Bertz CT molecular complexity index is 519. The van der Waals surface area contributed by atoms with Gasteiger partial charge in [0.25, 0.3) is 5.91 Å². The molecule has 0 bridgehead atoms. The molecule has 1 aromatic heterocycles. The lowest BCUT2D eigenvalue weighted by atomic mass is 10.2. The van der Waals surface area contributed by atoms with Crippen LogP contribution in [0.3, 0.4) is 0 Å². The Hall–Kier alpha value is -1.60. The smallest absolute Gasteiger partial charge is 0.256 e. The van der Waals surface area contributed by atoms with E-state index in [-0.39, 0.29) is 11.7 Å². The third-order valence-corrected chi connectivity index (χ3v) is 4.69. The second-order valence-electron chi connectivity index (χ2n) is 4.75. The molecule has 1 aliphatic heterocycles. The third kappa shape index (κ3) is 2.78. The molecule has 0 radical (unpaired) electrons. The molecule has 2 rings (SSSR count). The van der Waals surface area contributed by atoms with Crippen LogP contribution >= 0.6 is 11.3 Å². The standard InChI is InChI=1S/C13H20N4O2S/c1-8(18)11-10(14)9(12(19)15-2)13(20-11)17-6-3-4-16-5-7-17/h16H,3-7,14H2,1-2H3,(H,15,19). The Kier molecular flexibility index (Phi) is 4.61. The van der Waals surface area contributed by atoms with E-state index in [1.165, 1.54) is 18.3 Å². The molecule has 20 heavy (non-hydrogen) atoms. The fourth-order valence-electron chi connectivity index (χ4n) is 2.31. The van der Waals surface area contributed by atoms with E-state index in [0.29, 0.717) is 16.1 Å². The number of ketones is 1. The Balaban J connectivity index is 2.46. The van der Waals surface area contributed by atoms with Crippen LogP contribution in [0.2, 0.25) is 0 Å². The SMILES string of the molecule is CNC(=O)c1c(N2CCCNCC2)sc(C(C)=O)c1N. The number of nitrogens with zero attached hydrogens (tertiary/aromatic N) is 1. The first-order valence-electron chi connectivity index (χ1n) is 6.67. The Morgan fingerprint density at radius 3 is 2.75 bits per heavy atom. The van der Waals surface area contributed by atoms with Crippen molar-refractivity contribution in [2.75, 3.05) is 43.9 Å². The summed E-state index contributed by atoms with van der Waals surface area (Å²) in [6.45, 7) is 4.96. The molecule has 0 spiro atoms. The maximum atomic E-state index is 12.1. The van der Waals surface area contributed by atoms with E-state index < -0.39 is 0 Å². The van der Waals surface area contributed by atoms with Gasteiger partial charge in [-0.15, -0.1) is 11.3 Å². The second kappa shape index (κ2) is 6.23. The molecule has 2 heterocycles. The summed E-state index contributed by atoms with van der Waals surface area (Å²) in [5.74, 6) is -0.338. The highest BCUT2D eigenvalue weighted by molar-refractivity contribution is 7.19. The van der Waals surface area contributed by atoms with Crippen molar-refractivity contribution in [3.05, 3.63) is 10.4 Å². The van der Waals surface area contributed by atoms with E-state index in [9.17, 15) is 9.59 Å². The van der Waals surface area contributed by atoms with Crippen molar-refractivity contribution in [3.63, 3.8) is 0 Å². The van der Waals surface area contributed by atoms with Gasteiger partial charge in [-0.3, -0.25) is 9.59 Å². The molecule has 6 nitrogen and oxygen atoms in total. The zero-order valence-corrected chi connectivity index (χ0v) is 12.6. The number of amides is 1. The van der Waals surface area contributed by atoms with Gasteiger partial charge >= 0.3 is 0 Å². The normalized spacial score (nSPS) is 15.8. The Labute approximate surface area is 122 Å². The highest BCUT2D eigenvalue weighted by atomic mass is 32.1. The average Bonchev–Trinajstić information content (AvgIpc) is 2.63. The first-order valence-corrected chi connectivity index (χ1v) is 7.48. The molecule has 0 atom stereocenters. The van der Waals surface area contributed by atoms with Gasteiger partial charge in [0.2, 0.25) is 0 Å². The zero-order valence-electron chi connectivity index (χ0n) is 11.8. The van der Waals surface area contributed by atoms with Crippen LogP contribution in [0, 0.1) is 0 Å². The van der Waals surface area contributed by atoms with Crippen LogP contribution in [0.5, 0.6) is 0 Å². The molecular formula is C13H20N4O2S. The van der Waals surface area contributed by atoms with Gasteiger partial charge in [0, 0.05) is 33.6 Å². The first-order chi connectivity index (χ1) is 9.56. The number of anilines is 2. The van der Waals surface area contributed by atoms with Crippen molar-refractivity contribution in [3.8, 4) is 0 Å². The van der Waals surface area contributed by atoms with Crippen molar-refractivity contribution in [2.45, 2.75) is 13.3 Å². The summed E-state index contributed by atoms with van der Waals surface area (Å²) in [6.07, 6.45) is 1.00. The van der Waals surface area contributed by atoms with E-state index in [2.05, 4.69) is 15.5 Å². The highest BCUT2D eigenvalue weighted by Gasteiger charge is 2.26. The van der Waals surface area contributed by atoms with E-state index in [1.54, 1.807) is 7.05 Å². The number of thiophene rings is 1. The number of carbonyl (C=O) groups excluding carboxylic acids is 2. The van der Waals surface area contributed by atoms with E-state index in [1.807, 2.05) is 0 Å². The van der Waals surface area contributed by atoms with Gasteiger partial charge in [-0.1, -0.05) is 0 Å². The Morgan fingerprint density at radius 2 is 2.10 bits per heavy atom. The molecule has 0 aromatic carbocycles. The van der Waals surface area contributed by atoms with Crippen molar-refractivity contribution in [1.29, 1.82) is 0 Å². The van der Waals surface area contributed by atoms with Crippen LogP contribution in [0.4, 0.5) is 10.7 Å². The van der Waals surface area contributed by atoms with Gasteiger partial charge in [-0.2, -0.15) is 0 Å². The van der Waals surface area contributed by atoms with Crippen LogP contribution in [0.15, 0.2) is 0 Å². The highest BCUT2D eigenvalue weighted by Crippen LogP contribution is 2.38. The van der Waals surface area contributed by atoms with Crippen molar-refractivity contribution < 1.29 is 9.59 Å². The molecule has 0 saturated carbocycles. The first kappa shape index (κ1) is 14.8. The van der Waals surface area contributed by atoms with Gasteiger partial charge in [-0.25, -0.2) is 0 Å². The predicted octanol–water partition coefficient (Wildman–Crippen LogP) is 0.692. The zero-order chi connectivity index (χ0) is 14.7. The largest absolute Gasteiger partial charge is 0.397 e. The molecule has 4 N–H and O–H groups in total. The summed E-state index contributed by atoms with van der Waals surface area (Å²) >= 11 is 1.32. The van der Waals surface area contributed by atoms with E-state index in [4.69, 9.17) is 5.73 Å². The summed E-state index contributed by atoms with van der Waals surface area (Å²) in [5, 5.41) is 6.72. The van der Waals surface area contributed by atoms with Crippen molar-refractivity contribution >= 4 is 33.7 Å². The third-order valence-electron chi connectivity index (χ3n) is 3.33. The lowest BCUT2D eigenvalue weighted by molar-refractivity contribution is 0.0964. The fraction of sp³-hybridized carbons (Fsp3) is 0.538. The summed E-state index contributed by atoms with van der Waals surface area (Å²) in [7, 11) is 1.57. The van der Waals surface area contributed by atoms with Crippen LogP contribution in [0.1, 0.15) is 33.4 Å². The summed E-state index contributed by atoms with van der Waals surface area (Å²) in [4.78, 5) is 26.3. The summed E-state index contributed by atoms with van der Waals surface area (Å²) in [5.41, 5.74) is 6.75. The maximum absolute atomic E-state index is 12.1. The number of hydrogen-bond donors (Lipinski definition) is 3. The van der Waals surface area contributed by atoms with Gasteiger partial charge in [0.05, 0.1) is 16.1 Å². The van der Waals surface area contributed by atoms with Crippen LogP contribution in [-0.4, -0.2) is 44.9 Å². The number of nitrogens with one attached hydrogen (secondary N) is 2. The molecule has 0 aliphatic carbocycles. The molecule has 110 valence electrons. The molecule has 1 aromatic rings. The summed E-state index contributed by atoms with van der Waals surface area (Å²) in [6, 6.07) is 0. The maximum Gasteiger partial charge on any atom is 0.256 e. The van der Waals surface area contributed by atoms with Gasteiger partial charge in [-0.05, 0) is 13.0 Å². The Morgan fingerprint density at radius 1 is 1.35 bits per heavy atom. The minimum absolute atomic E-state index is 0.100. The lowest BCUT2D eigenvalue weighted by Crippen LogP contribution is -2.29. The number of nitrogens with two attached hydrogens (primary N) is 1. The molecule has 1 aliphatic rings. The van der Waals surface area contributed by atoms with Gasteiger partial charge in [0.1, 0.15) is 5.00 Å². The van der Waals surface area contributed by atoms with Crippen molar-refractivity contribution in [2.24, 2.45) is 0 Å². The minimum Gasteiger partial charge on any atom is -0.397 e. The number of rotatable bonds is 3. The van der Waals surface area contributed by atoms with Crippen LogP contribution < -0.4 is 21.3 Å². The topological polar surface area (TPSA) is 87.5 Å². The minimum atomic E-state index is -0.238. The molecular weight excluding hydrogens is 276 g/mol. The lowest BCUT2D eigenvalue weighted by Gasteiger charge is -2.21. The monoisotopic (exact) mass is 296 g/mol. The molecule has 1 saturated heterocycles. The fourth-order valence-corrected chi connectivity index (χ4v) is 3.47. The number of carbonyl (C=O) groups is 2. The number of Topliss-reactive ketones (excluding diaryl/α,β-unsaturated/α-hetero) is 1. The number of hydrogen-bond acceptors (Lipinski definition) is 6. The molecule has 7 heteroatoms. The van der Waals surface area contributed by atoms with Gasteiger partial charge < -0.3 is 21.3 Å². The number of nitrogen functional groups attached to an aromatic ring is 1. The van der Waals surface area contributed by atoms with Crippen LogP contribution in [0.25, 0.3) is 0 Å². The van der Waals surface area contributed by atoms with Gasteiger partial charge in [0.15, 0.2) is 5.78 Å². The van der Waals surface area contributed by atoms with E-state index in [0.717, 1.165) is 37.6 Å². The predicted molar refractivity (Wildman–Crippen MR) is 81.8 cm³/mol. The quantitative estimate of drug-likeness (QED) is 0.714. The second-order valence-corrected chi connectivity index (χ2v) is 5.75. The molecule has 1 amide bonds. The summed E-state index contributed by atoms with van der Waals surface area (Å²) < 4.78 is 0. The van der Waals surface area contributed by atoms with E-state index >= 15 is 0 Å². The molecule has 1 fully saturated rings. The average molecular weight is 296 g/mol.